The molecule has 2 aliphatic carbocycles. The number of hydrogen-bond donors (Lipinski definition) is 3. The van der Waals surface area contributed by atoms with Gasteiger partial charge in [-0.3, -0.25) is 0 Å². The number of nitrogens with two attached hydrogens (primary N) is 1. The van der Waals surface area contributed by atoms with Gasteiger partial charge < -0.3 is 16.3 Å². The summed E-state index contributed by atoms with van der Waals surface area (Å²) >= 11 is 0. The Morgan fingerprint density at radius 3 is 2.61 bits per heavy atom. The Hall–Kier alpha value is -0.770. The number of nitrogens with one attached hydrogen (secondary N) is 1. The third-order valence-electron chi connectivity index (χ3n) is 5.52. The van der Waals surface area contributed by atoms with E-state index in [1.165, 1.54) is 19.3 Å². The van der Waals surface area contributed by atoms with Crippen LogP contribution >= 0.6 is 0 Å². The molecule has 2 aliphatic rings. The first-order valence-corrected chi connectivity index (χ1v) is 7.08. The van der Waals surface area contributed by atoms with Crippen LogP contribution in [0, 0.1) is 16.7 Å². The maximum Gasteiger partial charge on any atom is 0.156 e. The third-order valence-corrected chi connectivity index (χ3v) is 5.52. The zero-order chi connectivity index (χ0) is 13.6. The first kappa shape index (κ1) is 13.7. The van der Waals surface area contributed by atoms with Crippen molar-refractivity contribution in [3.05, 3.63) is 0 Å². The molecule has 0 saturated heterocycles. The summed E-state index contributed by atoms with van der Waals surface area (Å²) in [7, 11) is 0. The molecule has 4 unspecified atom stereocenters. The SMILES string of the molecule is CCC(NC1C2(C)CCC(C2)C1(C)C)C(N)=NO. The zero-order valence-electron chi connectivity index (χ0n) is 12.0. The van der Waals surface area contributed by atoms with Gasteiger partial charge in [0, 0.05) is 6.04 Å². The van der Waals surface area contributed by atoms with Crippen LogP contribution in [0.1, 0.15) is 53.4 Å². The van der Waals surface area contributed by atoms with Gasteiger partial charge in [-0.2, -0.15) is 0 Å². The fourth-order valence-electron chi connectivity index (χ4n) is 4.40. The smallest absolute Gasteiger partial charge is 0.156 e. The summed E-state index contributed by atoms with van der Waals surface area (Å²) in [6.07, 6.45) is 4.81. The number of nitrogens with zero attached hydrogens (tertiary/aromatic N) is 1. The van der Waals surface area contributed by atoms with E-state index >= 15 is 0 Å². The van der Waals surface area contributed by atoms with E-state index in [1.807, 2.05) is 0 Å². The molecule has 2 fully saturated rings. The normalized spacial score (nSPS) is 40.1. The minimum absolute atomic E-state index is 0.0181. The largest absolute Gasteiger partial charge is 0.409 e. The van der Waals surface area contributed by atoms with Crippen molar-refractivity contribution in [2.45, 2.75) is 65.5 Å². The number of oxime groups is 1. The monoisotopic (exact) mass is 253 g/mol. The average Bonchev–Trinajstić information content (AvgIpc) is 2.79. The van der Waals surface area contributed by atoms with Crippen LogP contribution in [0.25, 0.3) is 0 Å². The second-order valence-electron chi connectivity index (χ2n) is 7.00. The lowest BCUT2D eigenvalue weighted by Crippen LogP contribution is -2.56. The van der Waals surface area contributed by atoms with E-state index in [0.29, 0.717) is 22.7 Å². The molecule has 104 valence electrons. The maximum atomic E-state index is 8.86. The zero-order valence-corrected chi connectivity index (χ0v) is 12.0. The van der Waals surface area contributed by atoms with Gasteiger partial charge in [-0.15, -0.1) is 0 Å². The van der Waals surface area contributed by atoms with Crippen molar-refractivity contribution >= 4 is 5.84 Å². The molecule has 4 heteroatoms. The molecule has 4 N–H and O–H groups in total. The van der Waals surface area contributed by atoms with Gasteiger partial charge in [0.25, 0.3) is 0 Å². The van der Waals surface area contributed by atoms with Crippen LogP contribution in [0.15, 0.2) is 5.16 Å². The highest BCUT2D eigenvalue weighted by Gasteiger charge is 2.59. The number of hydrogen-bond acceptors (Lipinski definition) is 3. The molecule has 0 aromatic carbocycles. The fraction of sp³-hybridized carbons (Fsp3) is 0.929. The van der Waals surface area contributed by atoms with Crippen LogP contribution in [0.3, 0.4) is 0 Å². The molecule has 0 spiro atoms. The van der Waals surface area contributed by atoms with E-state index in [-0.39, 0.29) is 6.04 Å². The standard InChI is InChI=1S/C14H27N3O/c1-5-10(11(15)17-18)16-12-13(2,3)9-6-7-14(12,4)8-9/h9-10,12,16,18H,5-8H2,1-4H3,(H2,15,17). The van der Waals surface area contributed by atoms with Crippen LogP contribution in [-0.4, -0.2) is 23.1 Å². The Morgan fingerprint density at radius 1 is 1.50 bits per heavy atom. The average molecular weight is 253 g/mol. The van der Waals surface area contributed by atoms with E-state index in [4.69, 9.17) is 10.9 Å². The predicted molar refractivity (Wildman–Crippen MR) is 73.6 cm³/mol. The Balaban J connectivity index is 2.17. The molecule has 2 saturated carbocycles. The molecule has 0 aromatic rings. The fourth-order valence-corrected chi connectivity index (χ4v) is 4.40. The lowest BCUT2D eigenvalue weighted by atomic mass is 9.68. The van der Waals surface area contributed by atoms with Crippen molar-refractivity contribution < 1.29 is 5.21 Å². The van der Waals surface area contributed by atoms with Crippen LogP contribution in [0.4, 0.5) is 0 Å². The first-order valence-electron chi connectivity index (χ1n) is 7.08. The highest BCUT2D eigenvalue weighted by Crippen LogP contribution is 2.62. The van der Waals surface area contributed by atoms with Gasteiger partial charge in [0.05, 0.1) is 6.04 Å². The minimum Gasteiger partial charge on any atom is -0.409 e. The molecule has 18 heavy (non-hydrogen) atoms. The van der Waals surface area contributed by atoms with Gasteiger partial charge in [-0.05, 0) is 42.4 Å². The van der Waals surface area contributed by atoms with Crippen molar-refractivity contribution in [3.8, 4) is 0 Å². The number of fused-ring (bicyclic) bond motifs is 2. The van der Waals surface area contributed by atoms with Crippen LogP contribution in [0.5, 0.6) is 0 Å². The van der Waals surface area contributed by atoms with Crippen molar-refractivity contribution in [1.82, 2.24) is 5.32 Å². The highest BCUT2D eigenvalue weighted by molar-refractivity contribution is 5.85. The van der Waals surface area contributed by atoms with Gasteiger partial charge in [0.15, 0.2) is 5.84 Å². The van der Waals surface area contributed by atoms with E-state index in [2.05, 4.69) is 38.2 Å². The molecule has 4 nitrogen and oxygen atoms in total. The molecule has 0 aromatic heterocycles. The maximum absolute atomic E-state index is 8.86. The Bertz CT molecular complexity index is 348. The Morgan fingerprint density at radius 2 is 2.17 bits per heavy atom. The van der Waals surface area contributed by atoms with Crippen molar-refractivity contribution in [3.63, 3.8) is 0 Å². The van der Waals surface area contributed by atoms with Gasteiger partial charge >= 0.3 is 0 Å². The molecule has 0 aliphatic heterocycles. The van der Waals surface area contributed by atoms with E-state index in [0.717, 1.165) is 12.3 Å². The first-order chi connectivity index (χ1) is 8.35. The topological polar surface area (TPSA) is 70.6 Å². The Kier molecular flexibility index (Phi) is 3.34. The van der Waals surface area contributed by atoms with Crippen LogP contribution in [0.2, 0.25) is 0 Å². The van der Waals surface area contributed by atoms with Crippen LogP contribution < -0.4 is 11.1 Å². The van der Waals surface area contributed by atoms with Crippen molar-refractivity contribution in [1.29, 1.82) is 0 Å². The van der Waals surface area contributed by atoms with Crippen LogP contribution in [-0.2, 0) is 0 Å². The molecule has 0 heterocycles. The molecule has 2 bridgehead atoms. The van der Waals surface area contributed by atoms with E-state index < -0.39 is 0 Å². The highest BCUT2D eigenvalue weighted by atomic mass is 16.4. The molecule has 4 atom stereocenters. The van der Waals surface area contributed by atoms with E-state index in [1.54, 1.807) is 0 Å². The number of rotatable bonds is 4. The second-order valence-corrected chi connectivity index (χ2v) is 7.00. The van der Waals surface area contributed by atoms with Gasteiger partial charge in [0.1, 0.15) is 0 Å². The lowest BCUT2D eigenvalue weighted by molar-refractivity contribution is 0.104. The summed E-state index contributed by atoms with van der Waals surface area (Å²) in [5, 5.41) is 15.7. The molecule has 0 radical (unpaired) electrons. The van der Waals surface area contributed by atoms with Gasteiger partial charge in [0.2, 0.25) is 0 Å². The van der Waals surface area contributed by atoms with Gasteiger partial charge in [-0.25, -0.2) is 0 Å². The molecular formula is C14H27N3O. The summed E-state index contributed by atoms with van der Waals surface area (Å²) in [6, 6.07) is 0.435. The summed E-state index contributed by atoms with van der Waals surface area (Å²) in [5.74, 6) is 1.12. The predicted octanol–water partition coefficient (Wildman–Crippen LogP) is 2.32. The Labute approximate surface area is 110 Å². The minimum atomic E-state index is -0.0181. The molecule has 0 amide bonds. The van der Waals surface area contributed by atoms with Crippen molar-refractivity contribution in [2.75, 3.05) is 0 Å². The second kappa shape index (κ2) is 4.41. The lowest BCUT2D eigenvalue weighted by Gasteiger charge is -2.44. The summed E-state index contributed by atoms with van der Waals surface area (Å²) in [4.78, 5) is 0. The van der Waals surface area contributed by atoms with E-state index in [9.17, 15) is 0 Å². The molecule has 2 rings (SSSR count). The summed E-state index contributed by atoms with van der Waals surface area (Å²) < 4.78 is 0. The van der Waals surface area contributed by atoms with Crippen molar-refractivity contribution in [2.24, 2.45) is 27.6 Å². The number of amidine groups is 1. The van der Waals surface area contributed by atoms with Gasteiger partial charge in [-0.1, -0.05) is 32.9 Å². The summed E-state index contributed by atoms with van der Waals surface area (Å²) in [6.45, 7) is 9.17. The quantitative estimate of drug-likeness (QED) is 0.312. The third kappa shape index (κ3) is 1.91. The molecular weight excluding hydrogens is 226 g/mol. The summed E-state index contributed by atoms with van der Waals surface area (Å²) in [5.41, 5.74) is 6.45.